The second kappa shape index (κ2) is 9.68. The highest BCUT2D eigenvalue weighted by Crippen LogP contribution is 2.31. The van der Waals surface area contributed by atoms with Crippen LogP contribution in [0.2, 0.25) is 0 Å². The van der Waals surface area contributed by atoms with E-state index in [-0.39, 0.29) is 29.0 Å². The molecule has 6 nitrogen and oxygen atoms in total. The molecule has 1 atom stereocenters. The zero-order valence-corrected chi connectivity index (χ0v) is 15.7. The topological polar surface area (TPSA) is 76.7 Å². The monoisotopic (exact) mass is 392 g/mol. The summed E-state index contributed by atoms with van der Waals surface area (Å²) in [5, 5.41) is 5.31. The van der Waals surface area contributed by atoms with Gasteiger partial charge in [0, 0.05) is 17.3 Å². The number of carbonyl (C=O) groups is 2. The van der Waals surface area contributed by atoms with Gasteiger partial charge in [0.1, 0.15) is 6.04 Å². The van der Waals surface area contributed by atoms with E-state index in [4.69, 9.17) is 4.74 Å². The zero-order valence-electron chi connectivity index (χ0n) is 15.7. The molecule has 0 spiro atoms. The van der Waals surface area contributed by atoms with E-state index in [9.17, 15) is 18.4 Å². The summed E-state index contributed by atoms with van der Waals surface area (Å²) in [7, 11) is 1.32. The Morgan fingerprint density at radius 3 is 2.25 bits per heavy atom. The van der Waals surface area contributed by atoms with Gasteiger partial charge in [0.25, 0.3) is 5.91 Å². The molecule has 0 unspecified atom stereocenters. The molecule has 0 radical (unpaired) electrons. The van der Waals surface area contributed by atoms with Crippen LogP contribution in [0.5, 0.6) is 11.5 Å². The van der Waals surface area contributed by atoms with Crippen LogP contribution in [-0.2, 0) is 4.79 Å². The van der Waals surface area contributed by atoms with Gasteiger partial charge in [-0.1, -0.05) is 32.0 Å². The molecule has 0 aliphatic rings. The summed E-state index contributed by atoms with van der Waals surface area (Å²) in [6, 6.07) is 11.8. The third-order valence-corrected chi connectivity index (χ3v) is 3.92. The van der Waals surface area contributed by atoms with E-state index in [0.29, 0.717) is 5.56 Å². The number of nitrogens with one attached hydrogen (secondary N) is 2. The van der Waals surface area contributed by atoms with Crippen molar-refractivity contribution in [1.29, 1.82) is 0 Å². The molecule has 0 aliphatic carbocycles. The molecular formula is C20H22F2N2O4. The minimum Gasteiger partial charge on any atom is -0.493 e. The van der Waals surface area contributed by atoms with Gasteiger partial charge in [0.05, 0.1) is 7.11 Å². The molecule has 0 fully saturated rings. The highest BCUT2D eigenvalue weighted by atomic mass is 19.3. The lowest BCUT2D eigenvalue weighted by atomic mass is 10.0. The molecule has 150 valence electrons. The van der Waals surface area contributed by atoms with Gasteiger partial charge in [-0.2, -0.15) is 8.78 Å². The average Bonchev–Trinajstić information content (AvgIpc) is 2.66. The second-order valence-electron chi connectivity index (χ2n) is 6.29. The van der Waals surface area contributed by atoms with Gasteiger partial charge in [-0.3, -0.25) is 9.59 Å². The third kappa shape index (κ3) is 5.67. The number of rotatable bonds is 8. The molecule has 2 aromatic carbocycles. The summed E-state index contributed by atoms with van der Waals surface area (Å²) in [6.07, 6.45) is 0. The Kier molecular flexibility index (Phi) is 7.31. The van der Waals surface area contributed by atoms with Crippen molar-refractivity contribution >= 4 is 17.5 Å². The molecule has 0 saturated heterocycles. The third-order valence-electron chi connectivity index (χ3n) is 3.92. The molecule has 8 heteroatoms. The molecule has 2 N–H and O–H groups in total. The summed E-state index contributed by atoms with van der Waals surface area (Å²) >= 11 is 0. The van der Waals surface area contributed by atoms with Gasteiger partial charge in [0.15, 0.2) is 11.5 Å². The summed E-state index contributed by atoms with van der Waals surface area (Å²) in [4.78, 5) is 25.0. The van der Waals surface area contributed by atoms with Crippen LogP contribution in [0, 0.1) is 5.92 Å². The van der Waals surface area contributed by atoms with Crippen molar-refractivity contribution in [2.75, 3.05) is 12.4 Å². The fourth-order valence-electron chi connectivity index (χ4n) is 2.51. The number of anilines is 1. The first kappa shape index (κ1) is 21.1. The summed E-state index contributed by atoms with van der Waals surface area (Å²) in [5.74, 6) is -1.16. The normalized spacial score (nSPS) is 11.8. The number of hydrogen-bond donors (Lipinski definition) is 2. The van der Waals surface area contributed by atoms with Crippen LogP contribution < -0.4 is 20.1 Å². The quantitative estimate of drug-likeness (QED) is 0.718. The highest BCUT2D eigenvalue weighted by molar-refractivity contribution is 6.01. The first-order chi connectivity index (χ1) is 13.3. The van der Waals surface area contributed by atoms with Crippen LogP contribution in [0.1, 0.15) is 24.2 Å². The smallest absolute Gasteiger partial charge is 0.387 e. The number of alkyl halides is 2. The van der Waals surface area contributed by atoms with Gasteiger partial charge in [0.2, 0.25) is 5.91 Å². The van der Waals surface area contributed by atoms with E-state index in [1.807, 2.05) is 0 Å². The van der Waals surface area contributed by atoms with Gasteiger partial charge in [-0.15, -0.1) is 0 Å². The van der Waals surface area contributed by atoms with Gasteiger partial charge < -0.3 is 20.1 Å². The van der Waals surface area contributed by atoms with E-state index in [0.717, 1.165) is 0 Å². The maximum absolute atomic E-state index is 12.7. The molecule has 2 rings (SSSR count). The van der Waals surface area contributed by atoms with E-state index < -0.39 is 18.6 Å². The lowest BCUT2D eigenvalue weighted by Crippen LogP contribution is -2.47. The van der Waals surface area contributed by atoms with E-state index >= 15 is 0 Å². The number of hydrogen-bond acceptors (Lipinski definition) is 4. The predicted molar refractivity (Wildman–Crippen MR) is 101 cm³/mol. The first-order valence-electron chi connectivity index (χ1n) is 8.61. The number of halogens is 2. The van der Waals surface area contributed by atoms with E-state index in [1.54, 1.807) is 44.2 Å². The lowest BCUT2D eigenvalue weighted by Gasteiger charge is -2.22. The minimum atomic E-state index is -3.03. The molecule has 0 saturated carbocycles. The van der Waals surface area contributed by atoms with Crippen LogP contribution >= 0.6 is 0 Å². The lowest BCUT2D eigenvalue weighted by molar-refractivity contribution is -0.118. The van der Waals surface area contributed by atoms with Crippen molar-refractivity contribution in [3.63, 3.8) is 0 Å². The molecule has 28 heavy (non-hydrogen) atoms. The van der Waals surface area contributed by atoms with Crippen molar-refractivity contribution in [2.45, 2.75) is 26.5 Å². The molecule has 0 aromatic heterocycles. The minimum absolute atomic E-state index is 0.107. The zero-order chi connectivity index (χ0) is 20.7. The maximum atomic E-state index is 12.7. The number of ether oxygens (including phenoxy) is 2. The average molecular weight is 392 g/mol. The Bertz CT molecular complexity index is 813. The largest absolute Gasteiger partial charge is 0.493 e. The van der Waals surface area contributed by atoms with Crippen molar-refractivity contribution in [1.82, 2.24) is 5.32 Å². The highest BCUT2D eigenvalue weighted by Gasteiger charge is 2.25. The van der Waals surface area contributed by atoms with Crippen LogP contribution in [0.4, 0.5) is 14.5 Å². The van der Waals surface area contributed by atoms with Crippen molar-refractivity contribution in [3.8, 4) is 11.5 Å². The summed E-state index contributed by atoms with van der Waals surface area (Å²) < 4.78 is 34.5. The van der Waals surface area contributed by atoms with Crippen molar-refractivity contribution in [3.05, 3.63) is 54.1 Å². The number of methoxy groups -OCH3 is 1. The van der Waals surface area contributed by atoms with Gasteiger partial charge >= 0.3 is 6.61 Å². The van der Waals surface area contributed by atoms with Gasteiger partial charge in [-0.05, 0) is 30.2 Å². The first-order valence-corrected chi connectivity index (χ1v) is 8.61. The van der Waals surface area contributed by atoms with Crippen LogP contribution in [0.15, 0.2) is 48.5 Å². The Morgan fingerprint density at radius 2 is 1.68 bits per heavy atom. The molecule has 2 aromatic rings. The Labute approximate surface area is 161 Å². The van der Waals surface area contributed by atoms with Crippen LogP contribution in [-0.4, -0.2) is 31.6 Å². The molecule has 0 heterocycles. The fourth-order valence-corrected chi connectivity index (χ4v) is 2.51. The van der Waals surface area contributed by atoms with Crippen molar-refractivity contribution in [2.24, 2.45) is 5.92 Å². The Hall–Kier alpha value is -3.16. The second-order valence-corrected chi connectivity index (χ2v) is 6.29. The van der Waals surface area contributed by atoms with Gasteiger partial charge in [-0.25, -0.2) is 0 Å². The van der Waals surface area contributed by atoms with E-state index in [1.165, 1.54) is 25.3 Å². The SMILES string of the molecule is COc1ccc(NC(=O)[C@@H](NC(=O)c2ccccc2)C(C)C)cc1OC(F)F. The van der Waals surface area contributed by atoms with E-state index in [2.05, 4.69) is 15.4 Å². The summed E-state index contributed by atoms with van der Waals surface area (Å²) in [6.45, 7) is 0.539. The maximum Gasteiger partial charge on any atom is 0.387 e. The van der Waals surface area contributed by atoms with Crippen molar-refractivity contribution < 1.29 is 27.8 Å². The number of benzene rings is 2. The predicted octanol–water partition coefficient (Wildman–Crippen LogP) is 3.69. The molecular weight excluding hydrogens is 370 g/mol. The Morgan fingerprint density at radius 1 is 1.00 bits per heavy atom. The molecule has 2 amide bonds. The molecule has 0 aliphatic heterocycles. The Balaban J connectivity index is 2.14. The number of amides is 2. The number of carbonyl (C=O) groups excluding carboxylic acids is 2. The molecule has 0 bridgehead atoms. The fraction of sp³-hybridized carbons (Fsp3) is 0.300. The standard InChI is InChI=1S/C20H22F2N2O4/c1-12(2)17(24-18(25)13-7-5-4-6-8-13)19(26)23-14-9-10-15(27-3)16(11-14)28-20(21)22/h4-12,17,20H,1-3H3,(H,23,26)(H,24,25)/t17-/m0/s1. The summed E-state index contributed by atoms with van der Waals surface area (Å²) in [5.41, 5.74) is 0.666. The van der Waals surface area contributed by atoms with Crippen LogP contribution in [0.25, 0.3) is 0 Å². The van der Waals surface area contributed by atoms with Crippen LogP contribution in [0.3, 0.4) is 0 Å².